The first-order valence-electron chi connectivity index (χ1n) is 8.21. The van der Waals surface area contributed by atoms with Gasteiger partial charge in [-0.25, -0.2) is 0 Å². The van der Waals surface area contributed by atoms with Gasteiger partial charge >= 0.3 is 0 Å². The van der Waals surface area contributed by atoms with Gasteiger partial charge in [0.25, 0.3) is 5.91 Å². The highest BCUT2D eigenvalue weighted by Crippen LogP contribution is 2.24. The Labute approximate surface area is 156 Å². The molecule has 1 amide bonds. The molecule has 6 heteroatoms. The third kappa shape index (κ3) is 4.31. The number of halogens is 1. The van der Waals surface area contributed by atoms with Gasteiger partial charge < -0.3 is 14.8 Å². The van der Waals surface area contributed by atoms with E-state index in [1.807, 2.05) is 30.3 Å². The van der Waals surface area contributed by atoms with Crippen molar-refractivity contribution in [3.63, 3.8) is 0 Å². The van der Waals surface area contributed by atoms with E-state index in [2.05, 4.69) is 10.3 Å². The molecule has 1 aromatic heterocycles. The van der Waals surface area contributed by atoms with Crippen molar-refractivity contribution in [3.05, 3.63) is 70.9 Å². The number of hydrogen-bond donors (Lipinski definition) is 1. The fraction of sp³-hybridized carbons (Fsp3) is 0.200. The molecule has 0 radical (unpaired) electrons. The van der Waals surface area contributed by atoms with Crippen molar-refractivity contribution in [2.24, 2.45) is 0 Å². The molecule has 0 saturated heterocycles. The maximum atomic E-state index is 12.6. The number of carbonyl (C=O) groups excluding carboxylic acids is 1. The van der Waals surface area contributed by atoms with Crippen LogP contribution in [0.2, 0.25) is 5.02 Å². The van der Waals surface area contributed by atoms with Crippen LogP contribution in [-0.2, 0) is 11.3 Å². The lowest BCUT2D eigenvalue weighted by Gasteiger charge is -2.10. The zero-order valence-corrected chi connectivity index (χ0v) is 15.1. The van der Waals surface area contributed by atoms with E-state index in [9.17, 15) is 4.79 Å². The molecule has 5 nitrogen and oxygen atoms in total. The Kier molecular flexibility index (Phi) is 6.04. The van der Waals surface area contributed by atoms with Crippen LogP contribution in [0.3, 0.4) is 0 Å². The Morgan fingerprint density at radius 1 is 1.15 bits per heavy atom. The van der Waals surface area contributed by atoms with Gasteiger partial charge in [-0.1, -0.05) is 23.7 Å². The van der Waals surface area contributed by atoms with Crippen LogP contribution >= 0.6 is 11.6 Å². The molecular weight excluding hydrogens is 352 g/mol. The number of aromatic nitrogens is 1. The maximum Gasteiger partial charge on any atom is 0.253 e. The largest absolute Gasteiger partial charge is 0.491 e. The predicted octanol–water partition coefficient (Wildman–Crippen LogP) is 3.84. The van der Waals surface area contributed by atoms with Crippen LogP contribution in [0.4, 0.5) is 0 Å². The van der Waals surface area contributed by atoms with Crippen molar-refractivity contribution >= 4 is 28.4 Å². The summed E-state index contributed by atoms with van der Waals surface area (Å²) in [6, 6.07) is 14.6. The minimum atomic E-state index is -0.198. The lowest BCUT2D eigenvalue weighted by molar-refractivity contribution is 0.0952. The fourth-order valence-electron chi connectivity index (χ4n) is 2.59. The van der Waals surface area contributed by atoms with E-state index >= 15 is 0 Å². The number of fused-ring (bicyclic) bond motifs is 1. The van der Waals surface area contributed by atoms with E-state index in [0.29, 0.717) is 35.9 Å². The summed E-state index contributed by atoms with van der Waals surface area (Å²) in [6.45, 7) is 1.39. The summed E-state index contributed by atoms with van der Waals surface area (Å²) in [5.41, 5.74) is 2.03. The summed E-state index contributed by atoms with van der Waals surface area (Å²) >= 11 is 6.18. The molecule has 0 aliphatic heterocycles. The number of pyridine rings is 1. The highest BCUT2D eigenvalue weighted by Gasteiger charge is 2.12. The van der Waals surface area contributed by atoms with E-state index in [-0.39, 0.29) is 5.91 Å². The number of benzene rings is 2. The third-order valence-corrected chi connectivity index (χ3v) is 4.20. The number of ether oxygens (including phenoxy) is 2. The van der Waals surface area contributed by atoms with Crippen LogP contribution in [0.25, 0.3) is 10.9 Å². The zero-order valence-electron chi connectivity index (χ0n) is 14.4. The van der Waals surface area contributed by atoms with Crippen molar-refractivity contribution < 1.29 is 14.3 Å². The van der Waals surface area contributed by atoms with Gasteiger partial charge in [-0.15, -0.1) is 0 Å². The quantitative estimate of drug-likeness (QED) is 0.642. The molecule has 1 N–H and O–H groups in total. The molecule has 26 heavy (non-hydrogen) atoms. The monoisotopic (exact) mass is 370 g/mol. The van der Waals surface area contributed by atoms with E-state index in [1.54, 1.807) is 31.5 Å². The molecule has 3 aromatic rings. The first-order valence-corrected chi connectivity index (χ1v) is 8.59. The Balaban J connectivity index is 1.70. The standard InChI is InChI=1S/C20H19ClN2O3/c1-25-10-11-26-15-5-2-4-14(12-15)13-23-20(24)17-7-8-18(21)16-6-3-9-22-19(16)17/h2-9,12H,10-11,13H2,1H3,(H,23,24). The number of carbonyl (C=O) groups is 1. The number of amides is 1. The summed E-state index contributed by atoms with van der Waals surface area (Å²) in [4.78, 5) is 16.9. The fourth-order valence-corrected chi connectivity index (χ4v) is 2.80. The topological polar surface area (TPSA) is 60.5 Å². The molecule has 0 bridgehead atoms. The minimum Gasteiger partial charge on any atom is -0.491 e. The molecule has 0 spiro atoms. The predicted molar refractivity (Wildman–Crippen MR) is 102 cm³/mol. The first kappa shape index (κ1) is 18.2. The van der Waals surface area contributed by atoms with Gasteiger partial charge in [-0.2, -0.15) is 0 Å². The van der Waals surface area contributed by atoms with Gasteiger partial charge in [0.2, 0.25) is 0 Å². The summed E-state index contributed by atoms with van der Waals surface area (Å²) in [5.74, 6) is 0.545. The van der Waals surface area contributed by atoms with E-state index in [0.717, 1.165) is 16.7 Å². The van der Waals surface area contributed by atoms with Crippen molar-refractivity contribution in [3.8, 4) is 5.75 Å². The molecule has 0 unspecified atom stereocenters. The summed E-state index contributed by atoms with van der Waals surface area (Å²) in [7, 11) is 1.63. The molecule has 0 aliphatic carbocycles. The van der Waals surface area contributed by atoms with Gasteiger partial charge in [-0.3, -0.25) is 9.78 Å². The van der Waals surface area contributed by atoms with Crippen molar-refractivity contribution in [1.29, 1.82) is 0 Å². The van der Waals surface area contributed by atoms with E-state index in [4.69, 9.17) is 21.1 Å². The molecule has 3 rings (SSSR count). The van der Waals surface area contributed by atoms with Crippen LogP contribution in [0, 0.1) is 0 Å². The number of nitrogens with zero attached hydrogens (tertiary/aromatic N) is 1. The normalized spacial score (nSPS) is 10.7. The second-order valence-corrected chi connectivity index (χ2v) is 6.07. The van der Waals surface area contributed by atoms with Gasteiger partial charge in [0.05, 0.1) is 22.7 Å². The van der Waals surface area contributed by atoms with E-state index in [1.165, 1.54) is 0 Å². The number of methoxy groups -OCH3 is 1. The van der Waals surface area contributed by atoms with Crippen molar-refractivity contribution in [1.82, 2.24) is 10.3 Å². The highest BCUT2D eigenvalue weighted by molar-refractivity contribution is 6.36. The summed E-state index contributed by atoms with van der Waals surface area (Å²) < 4.78 is 10.6. The van der Waals surface area contributed by atoms with Gasteiger partial charge in [0.15, 0.2) is 0 Å². The Morgan fingerprint density at radius 3 is 2.88 bits per heavy atom. The van der Waals surface area contributed by atoms with Crippen molar-refractivity contribution in [2.45, 2.75) is 6.54 Å². The van der Waals surface area contributed by atoms with Crippen molar-refractivity contribution in [2.75, 3.05) is 20.3 Å². The molecule has 134 valence electrons. The number of rotatable bonds is 7. The van der Waals surface area contributed by atoms with Gasteiger partial charge in [-0.05, 0) is 42.0 Å². The average molecular weight is 371 g/mol. The molecular formula is C20H19ClN2O3. The lowest BCUT2D eigenvalue weighted by atomic mass is 10.1. The minimum absolute atomic E-state index is 0.198. The van der Waals surface area contributed by atoms with Crippen LogP contribution in [0.15, 0.2) is 54.7 Å². The Morgan fingerprint density at radius 2 is 2.04 bits per heavy atom. The van der Waals surface area contributed by atoms with Crippen LogP contribution in [0.5, 0.6) is 5.75 Å². The zero-order chi connectivity index (χ0) is 18.4. The SMILES string of the molecule is COCCOc1cccc(CNC(=O)c2ccc(Cl)c3cccnc23)c1. The lowest BCUT2D eigenvalue weighted by Crippen LogP contribution is -2.23. The van der Waals surface area contributed by atoms with Crippen LogP contribution < -0.4 is 10.1 Å². The Hall–Kier alpha value is -2.63. The molecule has 1 heterocycles. The summed E-state index contributed by atoms with van der Waals surface area (Å²) in [6.07, 6.45) is 1.65. The number of hydrogen-bond acceptors (Lipinski definition) is 4. The maximum absolute atomic E-state index is 12.6. The highest BCUT2D eigenvalue weighted by atomic mass is 35.5. The van der Waals surface area contributed by atoms with Crippen LogP contribution in [-0.4, -0.2) is 31.2 Å². The van der Waals surface area contributed by atoms with Gasteiger partial charge in [0, 0.05) is 25.2 Å². The first-order chi connectivity index (χ1) is 12.7. The second-order valence-electron chi connectivity index (χ2n) is 5.67. The molecule has 2 aromatic carbocycles. The van der Waals surface area contributed by atoms with Crippen LogP contribution in [0.1, 0.15) is 15.9 Å². The molecule has 0 fully saturated rings. The molecule has 0 aliphatic rings. The van der Waals surface area contributed by atoms with Gasteiger partial charge in [0.1, 0.15) is 12.4 Å². The molecule has 0 saturated carbocycles. The third-order valence-electron chi connectivity index (χ3n) is 3.87. The Bertz CT molecular complexity index is 914. The smallest absolute Gasteiger partial charge is 0.253 e. The number of nitrogens with one attached hydrogen (secondary N) is 1. The average Bonchev–Trinajstić information content (AvgIpc) is 2.67. The molecule has 0 atom stereocenters. The van der Waals surface area contributed by atoms with E-state index < -0.39 is 0 Å². The summed E-state index contributed by atoms with van der Waals surface area (Å²) in [5, 5.41) is 4.25. The second kappa shape index (κ2) is 8.65.